The Morgan fingerprint density at radius 1 is 1.07 bits per heavy atom. The molecule has 1 aromatic rings. The lowest BCUT2D eigenvalue weighted by atomic mass is 9.94. The van der Waals surface area contributed by atoms with Crippen molar-refractivity contribution in [2.75, 3.05) is 19.7 Å². The molecule has 222 valence electrons. The molecule has 40 heavy (non-hydrogen) atoms. The van der Waals surface area contributed by atoms with Gasteiger partial charge in [-0.25, -0.2) is 4.79 Å². The van der Waals surface area contributed by atoms with Gasteiger partial charge in [-0.2, -0.15) is 0 Å². The van der Waals surface area contributed by atoms with Gasteiger partial charge >= 0.3 is 12.1 Å². The van der Waals surface area contributed by atoms with Crippen LogP contribution in [0.2, 0.25) is 0 Å². The first-order chi connectivity index (χ1) is 18.9. The molecule has 0 aliphatic rings. The summed E-state index contributed by atoms with van der Waals surface area (Å²) in [6.45, 7) is 13.3. The summed E-state index contributed by atoms with van der Waals surface area (Å²) in [5, 5.41) is 5.54. The molecule has 3 amide bonds. The molecule has 0 saturated carbocycles. The van der Waals surface area contributed by atoms with Crippen LogP contribution in [0.5, 0.6) is 0 Å². The van der Waals surface area contributed by atoms with E-state index in [2.05, 4.69) is 16.6 Å². The van der Waals surface area contributed by atoms with Gasteiger partial charge in [0.05, 0.1) is 13.0 Å². The second kappa shape index (κ2) is 17.2. The topological polar surface area (TPSA) is 114 Å². The molecule has 1 aromatic carbocycles. The first-order valence-corrected chi connectivity index (χ1v) is 14.2. The number of carbonyl (C=O) groups is 4. The number of alkyl carbamates (subject to hydrolysis) is 1. The van der Waals surface area contributed by atoms with Gasteiger partial charge in [-0.1, -0.05) is 64.2 Å². The Labute approximate surface area is 239 Å². The van der Waals surface area contributed by atoms with Crippen LogP contribution in [0.15, 0.2) is 24.3 Å². The van der Waals surface area contributed by atoms with Gasteiger partial charge in [0.25, 0.3) is 0 Å². The minimum absolute atomic E-state index is 0.0113. The number of unbranched alkanes of at least 4 members (excludes halogenated alkanes) is 2. The maximum absolute atomic E-state index is 14.3. The molecule has 0 aliphatic carbocycles. The molecule has 0 radical (unpaired) electrons. The van der Waals surface area contributed by atoms with Gasteiger partial charge in [0.1, 0.15) is 17.7 Å². The number of ether oxygens (including phenoxy) is 2. The van der Waals surface area contributed by atoms with Crippen molar-refractivity contribution in [2.24, 2.45) is 5.92 Å². The Bertz CT molecular complexity index is 1030. The number of amides is 3. The zero-order chi connectivity index (χ0) is 30.3. The van der Waals surface area contributed by atoms with Crippen LogP contribution in [0.4, 0.5) is 4.79 Å². The van der Waals surface area contributed by atoms with Crippen LogP contribution in [-0.2, 0) is 23.9 Å². The summed E-state index contributed by atoms with van der Waals surface area (Å²) in [5.74, 6) is 1.06. The first-order valence-electron chi connectivity index (χ1n) is 14.2. The predicted octanol–water partition coefficient (Wildman–Crippen LogP) is 4.74. The number of hydrogen-bond acceptors (Lipinski definition) is 6. The van der Waals surface area contributed by atoms with Gasteiger partial charge in [-0.05, 0) is 51.7 Å². The number of carbonyl (C=O) groups excluding carboxylic acids is 4. The average Bonchev–Trinajstić information content (AvgIpc) is 2.89. The van der Waals surface area contributed by atoms with Crippen LogP contribution in [0.3, 0.4) is 0 Å². The molecule has 9 heteroatoms. The van der Waals surface area contributed by atoms with Crippen molar-refractivity contribution in [2.45, 2.75) is 98.3 Å². The number of nitrogens with zero attached hydrogens (tertiary/aromatic N) is 1. The van der Waals surface area contributed by atoms with Gasteiger partial charge in [0, 0.05) is 18.7 Å². The van der Waals surface area contributed by atoms with E-state index in [9.17, 15) is 19.2 Å². The Balaban J connectivity index is 3.54. The number of esters is 1. The summed E-state index contributed by atoms with van der Waals surface area (Å²) < 4.78 is 10.4. The SMILES string of the molecule is C#Cc1ccccc1C(C(=O)NCCC(=O)OCC)N(CCCCC)C(=O)C(NC(=O)OC(C)(C)C)C(C)CC. The highest BCUT2D eigenvalue weighted by Crippen LogP contribution is 2.27. The van der Waals surface area contributed by atoms with Crippen LogP contribution >= 0.6 is 0 Å². The third-order valence-corrected chi connectivity index (χ3v) is 6.34. The number of terminal acetylenes is 1. The zero-order valence-corrected chi connectivity index (χ0v) is 25.2. The second-order valence-corrected chi connectivity index (χ2v) is 10.7. The van der Waals surface area contributed by atoms with Crippen LogP contribution in [0.25, 0.3) is 0 Å². The van der Waals surface area contributed by atoms with E-state index in [1.165, 1.54) is 4.90 Å². The monoisotopic (exact) mass is 557 g/mol. The summed E-state index contributed by atoms with van der Waals surface area (Å²) >= 11 is 0. The Morgan fingerprint density at radius 3 is 2.33 bits per heavy atom. The van der Waals surface area contributed by atoms with Crippen LogP contribution in [0.1, 0.15) is 97.7 Å². The minimum Gasteiger partial charge on any atom is -0.466 e. The molecule has 0 bridgehead atoms. The summed E-state index contributed by atoms with van der Waals surface area (Å²) in [4.78, 5) is 54.2. The summed E-state index contributed by atoms with van der Waals surface area (Å²) in [6, 6.07) is 4.96. The van der Waals surface area contributed by atoms with Crippen molar-refractivity contribution < 1.29 is 28.7 Å². The summed E-state index contributed by atoms with van der Waals surface area (Å²) in [5.41, 5.74) is 0.214. The van der Waals surface area contributed by atoms with Gasteiger partial charge in [0.15, 0.2) is 0 Å². The maximum atomic E-state index is 14.3. The van der Waals surface area contributed by atoms with Crippen molar-refractivity contribution in [1.29, 1.82) is 0 Å². The van der Waals surface area contributed by atoms with E-state index in [1.807, 2.05) is 20.8 Å². The quantitative estimate of drug-likeness (QED) is 0.183. The maximum Gasteiger partial charge on any atom is 0.408 e. The van der Waals surface area contributed by atoms with Gasteiger partial charge in [-0.15, -0.1) is 6.42 Å². The lowest BCUT2D eigenvalue weighted by molar-refractivity contribution is -0.145. The van der Waals surface area contributed by atoms with E-state index in [-0.39, 0.29) is 32.0 Å². The van der Waals surface area contributed by atoms with E-state index in [1.54, 1.807) is 52.0 Å². The fourth-order valence-electron chi connectivity index (χ4n) is 4.13. The van der Waals surface area contributed by atoms with Crippen LogP contribution in [-0.4, -0.2) is 60.1 Å². The molecule has 3 unspecified atom stereocenters. The van der Waals surface area contributed by atoms with Crippen molar-refractivity contribution >= 4 is 23.9 Å². The average molecular weight is 558 g/mol. The number of nitrogens with one attached hydrogen (secondary N) is 2. The third-order valence-electron chi connectivity index (χ3n) is 6.34. The molecule has 0 fully saturated rings. The normalized spacial score (nSPS) is 13.2. The third kappa shape index (κ3) is 11.3. The number of rotatable bonds is 15. The molecule has 0 spiro atoms. The molecule has 9 nitrogen and oxygen atoms in total. The van der Waals surface area contributed by atoms with E-state index in [0.717, 1.165) is 12.8 Å². The number of hydrogen-bond donors (Lipinski definition) is 2. The first kappa shape index (κ1) is 34.5. The molecule has 1 rings (SSSR count). The largest absolute Gasteiger partial charge is 0.466 e. The highest BCUT2D eigenvalue weighted by Gasteiger charge is 2.38. The molecule has 2 N–H and O–H groups in total. The minimum atomic E-state index is -1.08. The van der Waals surface area contributed by atoms with E-state index in [4.69, 9.17) is 15.9 Å². The lowest BCUT2D eigenvalue weighted by Gasteiger charge is -2.36. The van der Waals surface area contributed by atoms with Crippen molar-refractivity contribution in [1.82, 2.24) is 15.5 Å². The van der Waals surface area contributed by atoms with E-state index < -0.39 is 41.6 Å². The van der Waals surface area contributed by atoms with Gasteiger partial charge < -0.3 is 25.0 Å². The van der Waals surface area contributed by atoms with Crippen LogP contribution in [0, 0.1) is 18.3 Å². The highest BCUT2D eigenvalue weighted by molar-refractivity contribution is 5.92. The standard InChI is InChI=1S/C31H47N3O6/c1-9-13-16-21-34(29(37)26(22(5)10-2)33-30(38)40-31(6,7)8)27(24-18-15-14-17-23(24)11-3)28(36)32-20-19-25(35)39-12-4/h3,14-15,17-18,22,26-27H,9-10,12-13,16,19-21H2,1-2,4-8H3,(H,32,36)(H,33,38). The Hall–Kier alpha value is -3.54. The number of benzene rings is 1. The lowest BCUT2D eigenvalue weighted by Crippen LogP contribution is -2.55. The zero-order valence-electron chi connectivity index (χ0n) is 25.2. The van der Waals surface area contributed by atoms with Crippen molar-refractivity contribution in [3.05, 3.63) is 35.4 Å². The smallest absolute Gasteiger partial charge is 0.408 e. The van der Waals surface area contributed by atoms with E-state index >= 15 is 0 Å². The molecular weight excluding hydrogens is 510 g/mol. The molecule has 0 aromatic heterocycles. The summed E-state index contributed by atoms with van der Waals surface area (Å²) in [7, 11) is 0. The van der Waals surface area contributed by atoms with Crippen molar-refractivity contribution in [3.63, 3.8) is 0 Å². The van der Waals surface area contributed by atoms with Gasteiger partial charge in [0.2, 0.25) is 11.8 Å². The van der Waals surface area contributed by atoms with Gasteiger partial charge in [-0.3, -0.25) is 14.4 Å². The highest BCUT2D eigenvalue weighted by atomic mass is 16.6. The molecule has 0 aliphatic heterocycles. The fourth-order valence-corrected chi connectivity index (χ4v) is 4.13. The van der Waals surface area contributed by atoms with Crippen LogP contribution < -0.4 is 10.6 Å². The fraction of sp³-hybridized carbons (Fsp3) is 0.613. The van der Waals surface area contributed by atoms with Crippen molar-refractivity contribution in [3.8, 4) is 12.3 Å². The predicted molar refractivity (Wildman–Crippen MR) is 155 cm³/mol. The molecule has 0 saturated heterocycles. The van der Waals surface area contributed by atoms with E-state index in [0.29, 0.717) is 24.0 Å². The summed E-state index contributed by atoms with van der Waals surface area (Å²) in [6.07, 6.45) is 8.07. The second-order valence-electron chi connectivity index (χ2n) is 10.7. The molecule has 0 heterocycles. The Kier molecular flexibility index (Phi) is 14.8. The molecular formula is C31H47N3O6. The molecule has 3 atom stereocenters. The Morgan fingerprint density at radius 2 is 1.75 bits per heavy atom.